The molecule has 0 N–H and O–H groups in total. The molecule has 0 radical (unpaired) electrons. The van der Waals surface area contributed by atoms with E-state index in [4.69, 9.17) is 4.99 Å². The van der Waals surface area contributed by atoms with Crippen LogP contribution >= 0.6 is 0 Å². The van der Waals surface area contributed by atoms with Crippen molar-refractivity contribution in [1.82, 2.24) is 0 Å². The zero-order valence-corrected chi connectivity index (χ0v) is 13.5. The van der Waals surface area contributed by atoms with Gasteiger partial charge in [-0.1, -0.05) is 58.7 Å². The summed E-state index contributed by atoms with van der Waals surface area (Å²) >= 11 is 0. The molecule has 1 heteroatoms. The van der Waals surface area contributed by atoms with Crippen LogP contribution in [0.5, 0.6) is 0 Å². The molecule has 1 aromatic rings. The molecule has 108 valence electrons. The molecule has 0 spiro atoms. The number of allylic oxidation sites excluding steroid dienone is 2. The third-order valence-electron chi connectivity index (χ3n) is 5.29. The van der Waals surface area contributed by atoms with E-state index >= 15 is 0 Å². The van der Waals surface area contributed by atoms with Crippen LogP contribution in [0.1, 0.15) is 55.9 Å². The van der Waals surface area contributed by atoms with Crippen molar-refractivity contribution in [2.45, 2.75) is 45.1 Å². The summed E-state index contributed by atoms with van der Waals surface area (Å²) in [5.74, 6) is 0.414. The first kappa shape index (κ1) is 14.1. The average Bonchev–Trinajstić information content (AvgIpc) is 2.46. The molecule has 21 heavy (non-hydrogen) atoms. The van der Waals surface area contributed by atoms with Crippen LogP contribution in [0.3, 0.4) is 0 Å². The first-order valence-corrected chi connectivity index (χ1v) is 7.57. The number of benzene rings is 1. The number of hydrogen-bond donors (Lipinski definition) is 0. The lowest BCUT2D eigenvalue weighted by molar-refractivity contribution is 0.582. The van der Waals surface area contributed by atoms with Gasteiger partial charge in [0.15, 0.2) is 0 Å². The van der Waals surface area contributed by atoms with Crippen LogP contribution in [0, 0.1) is 0 Å². The minimum atomic E-state index is -0.112. The van der Waals surface area contributed by atoms with Crippen LogP contribution < -0.4 is 0 Å². The summed E-state index contributed by atoms with van der Waals surface area (Å²) in [7, 11) is 0. The third kappa shape index (κ3) is 1.73. The first-order valence-electron chi connectivity index (χ1n) is 7.57. The van der Waals surface area contributed by atoms with Gasteiger partial charge in [-0.25, -0.2) is 0 Å². The van der Waals surface area contributed by atoms with Crippen molar-refractivity contribution in [3.05, 3.63) is 65.3 Å². The maximum absolute atomic E-state index is 4.92. The van der Waals surface area contributed by atoms with E-state index < -0.39 is 0 Å². The first-order chi connectivity index (χ1) is 9.78. The third-order valence-corrected chi connectivity index (χ3v) is 5.29. The molecule has 1 heterocycles. The van der Waals surface area contributed by atoms with Gasteiger partial charge in [0.05, 0.1) is 11.8 Å². The minimum Gasteiger partial charge on any atom is -0.280 e. The molecule has 1 aromatic carbocycles. The van der Waals surface area contributed by atoms with E-state index in [0.29, 0.717) is 5.92 Å². The zero-order valence-electron chi connectivity index (χ0n) is 13.5. The molecule has 0 aromatic heterocycles. The Morgan fingerprint density at radius 1 is 1.19 bits per heavy atom. The highest BCUT2D eigenvalue weighted by atomic mass is 14.8. The second-order valence-corrected chi connectivity index (χ2v) is 6.83. The Hall–Kier alpha value is -1.89. The van der Waals surface area contributed by atoms with Gasteiger partial charge in [0.25, 0.3) is 0 Å². The Kier molecular flexibility index (Phi) is 2.88. The second kappa shape index (κ2) is 4.30. The fraction of sp³-hybridized carbons (Fsp3) is 0.350. The normalized spacial score (nSPS) is 26.2. The van der Waals surface area contributed by atoms with Crippen molar-refractivity contribution in [3.63, 3.8) is 0 Å². The lowest BCUT2D eigenvalue weighted by Crippen LogP contribution is -2.36. The van der Waals surface area contributed by atoms with Crippen LogP contribution in [-0.4, -0.2) is 11.8 Å². The van der Waals surface area contributed by atoms with E-state index in [1.165, 1.54) is 22.3 Å². The van der Waals surface area contributed by atoms with Crippen molar-refractivity contribution < 1.29 is 0 Å². The lowest BCUT2D eigenvalue weighted by atomic mass is 9.64. The number of rotatable bonds is 1. The summed E-state index contributed by atoms with van der Waals surface area (Å²) in [6.45, 7) is 21.4. The molecule has 1 aliphatic heterocycles. The minimum absolute atomic E-state index is 0.112. The predicted molar refractivity (Wildman–Crippen MR) is 92.3 cm³/mol. The Morgan fingerprint density at radius 3 is 2.48 bits per heavy atom. The summed E-state index contributed by atoms with van der Waals surface area (Å²) in [6.07, 6.45) is 1.93. The van der Waals surface area contributed by atoms with Crippen molar-refractivity contribution >= 4 is 11.8 Å². The molecular weight excluding hydrogens is 254 g/mol. The quantitative estimate of drug-likeness (QED) is 0.683. The van der Waals surface area contributed by atoms with Crippen LogP contribution in [0.4, 0.5) is 0 Å². The molecule has 0 bridgehead atoms. The number of nitrogens with zero attached hydrogens (tertiary/aromatic N) is 1. The maximum atomic E-state index is 4.92. The second-order valence-electron chi connectivity index (χ2n) is 6.83. The smallest absolute Gasteiger partial charge is 0.0725 e. The van der Waals surface area contributed by atoms with Crippen molar-refractivity contribution in [2.75, 3.05) is 0 Å². The maximum Gasteiger partial charge on any atom is 0.0725 e. The van der Waals surface area contributed by atoms with Gasteiger partial charge in [-0.15, -0.1) is 0 Å². The largest absolute Gasteiger partial charge is 0.280 e. The van der Waals surface area contributed by atoms with E-state index in [1.54, 1.807) is 0 Å². The average molecular weight is 277 g/mol. The highest BCUT2D eigenvalue weighted by Gasteiger charge is 2.40. The van der Waals surface area contributed by atoms with Crippen LogP contribution in [-0.2, 0) is 5.41 Å². The fourth-order valence-electron chi connectivity index (χ4n) is 3.47. The summed E-state index contributed by atoms with van der Waals surface area (Å²) in [5, 5.41) is 0. The molecule has 3 rings (SSSR count). The van der Waals surface area contributed by atoms with Gasteiger partial charge in [-0.05, 0) is 34.8 Å². The molecule has 2 aliphatic rings. The van der Waals surface area contributed by atoms with E-state index in [9.17, 15) is 0 Å². The van der Waals surface area contributed by atoms with Gasteiger partial charge < -0.3 is 0 Å². The molecule has 0 saturated carbocycles. The van der Waals surface area contributed by atoms with Crippen LogP contribution in [0.2, 0.25) is 0 Å². The molecule has 2 unspecified atom stereocenters. The Bertz CT molecular complexity index is 716. The van der Waals surface area contributed by atoms with Gasteiger partial charge in [-0.2, -0.15) is 0 Å². The van der Waals surface area contributed by atoms with Gasteiger partial charge in [0, 0.05) is 16.9 Å². The molecular formula is C20H23N. The number of aliphatic imine (C=N–C) groups is 1. The topological polar surface area (TPSA) is 12.4 Å². The zero-order chi connectivity index (χ0) is 15.5. The predicted octanol–water partition coefficient (Wildman–Crippen LogP) is 5.03. The van der Waals surface area contributed by atoms with Gasteiger partial charge in [-0.3, -0.25) is 4.99 Å². The fourth-order valence-corrected chi connectivity index (χ4v) is 3.47. The van der Waals surface area contributed by atoms with Crippen molar-refractivity contribution in [1.29, 1.82) is 0 Å². The molecule has 2 atom stereocenters. The standard InChI is InChI=1S/C20H23N/c1-8-15-9-16-12(3)14(5)21-19-11(2)13(4)20(6,7)17(10-15)18(16)19/h8-10,12,14H,1-2,4H2,3,5-7H3. The van der Waals surface area contributed by atoms with Crippen LogP contribution in [0.25, 0.3) is 6.08 Å². The summed E-state index contributed by atoms with van der Waals surface area (Å²) in [5.41, 5.74) is 8.16. The summed E-state index contributed by atoms with van der Waals surface area (Å²) < 4.78 is 0. The molecule has 0 saturated heterocycles. The van der Waals surface area contributed by atoms with E-state index in [-0.39, 0.29) is 11.5 Å². The van der Waals surface area contributed by atoms with Gasteiger partial charge >= 0.3 is 0 Å². The highest BCUT2D eigenvalue weighted by Crippen LogP contribution is 2.47. The Morgan fingerprint density at radius 2 is 1.86 bits per heavy atom. The lowest BCUT2D eigenvalue weighted by Gasteiger charge is -2.42. The summed E-state index contributed by atoms with van der Waals surface area (Å²) in [6, 6.07) is 4.77. The highest BCUT2D eigenvalue weighted by molar-refractivity contribution is 6.19. The van der Waals surface area contributed by atoms with Gasteiger partial charge in [0.1, 0.15) is 0 Å². The van der Waals surface area contributed by atoms with E-state index in [0.717, 1.165) is 16.9 Å². The molecule has 1 nitrogen and oxygen atoms in total. The number of hydrogen-bond acceptors (Lipinski definition) is 1. The van der Waals surface area contributed by atoms with Gasteiger partial charge in [0.2, 0.25) is 0 Å². The Balaban J connectivity index is 2.44. The molecule has 0 amide bonds. The summed E-state index contributed by atoms with van der Waals surface area (Å²) in [4.78, 5) is 4.92. The van der Waals surface area contributed by atoms with E-state index in [2.05, 4.69) is 59.6 Å². The van der Waals surface area contributed by atoms with Crippen molar-refractivity contribution in [2.24, 2.45) is 4.99 Å². The van der Waals surface area contributed by atoms with Crippen molar-refractivity contribution in [3.8, 4) is 0 Å². The monoisotopic (exact) mass is 277 g/mol. The van der Waals surface area contributed by atoms with E-state index in [1.807, 2.05) is 6.08 Å². The molecule has 1 aliphatic carbocycles. The van der Waals surface area contributed by atoms with Crippen LogP contribution in [0.15, 0.2) is 48.0 Å². The SMILES string of the molecule is C=Cc1cc2c3c(c1)C(C)(C)C(=C)C(=C)C3=NC(C)C2C. The Labute approximate surface area is 127 Å². The molecule has 0 fully saturated rings.